The molecule has 0 aliphatic heterocycles. The maximum absolute atomic E-state index is 9.81. The average Bonchev–Trinajstić information content (AvgIpc) is 2.96. The molecule has 2 N–H and O–H groups in total. The summed E-state index contributed by atoms with van der Waals surface area (Å²) >= 11 is 1.59. The van der Waals surface area contributed by atoms with Crippen molar-refractivity contribution in [2.45, 2.75) is 19.1 Å². The molecule has 0 bridgehead atoms. The third-order valence-corrected chi connectivity index (χ3v) is 3.32. The molecule has 2 heterocycles. The molecule has 1 atom stereocenters. The van der Waals surface area contributed by atoms with Gasteiger partial charge in [-0.25, -0.2) is 0 Å². The first kappa shape index (κ1) is 11.4. The van der Waals surface area contributed by atoms with Crippen LogP contribution in [0.3, 0.4) is 0 Å². The number of aliphatic hydroxyl groups excluding tert-OH is 1. The number of rotatable bonds is 6. The molecule has 16 heavy (non-hydrogen) atoms. The molecule has 0 fully saturated rings. The van der Waals surface area contributed by atoms with E-state index in [0.717, 1.165) is 23.6 Å². The molecule has 1 unspecified atom stereocenters. The van der Waals surface area contributed by atoms with Gasteiger partial charge in [0.25, 0.3) is 0 Å². The molecule has 2 aromatic heterocycles. The van der Waals surface area contributed by atoms with E-state index in [0.29, 0.717) is 6.54 Å². The van der Waals surface area contributed by atoms with Gasteiger partial charge in [0.2, 0.25) is 0 Å². The first-order chi connectivity index (χ1) is 7.86. The van der Waals surface area contributed by atoms with E-state index < -0.39 is 0 Å². The first-order valence-electron chi connectivity index (χ1n) is 5.31. The third kappa shape index (κ3) is 3.20. The van der Waals surface area contributed by atoms with Gasteiger partial charge in [-0.15, -0.1) is 11.3 Å². The highest BCUT2D eigenvalue weighted by Crippen LogP contribution is 2.20. The van der Waals surface area contributed by atoms with Crippen LogP contribution in [0, 0.1) is 0 Å². The van der Waals surface area contributed by atoms with Crippen molar-refractivity contribution in [3.63, 3.8) is 0 Å². The van der Waals surface area contributed by atoms with E-state index in [2.05, 4.69) is 5.32 Å². The van der Waals surface area contributed by atoms with Gasteiger partial charge in [0.05, 0.1) is 18.9 Å². The minimum Gasteiger partial charge on any atom is -0.468 e. The molecular weight excluding hydrogens is 222 g/mol. The summed E-state index contributed by atoms with van der Waals surface area (Å²) in [5.41, 5.74) is 0. The fourth-order valence-electron chi connectivity index (χ4n) is 1.49. The van der Waals surface area contributed by atoms with Crippen LogP contribution in [-0.4, -0.2) is 11.7 Å². The summed E-state index contributed by atoms with van der Waals surface area (Å²) in [6.45, 7) is 1.49. The third-order valence-electron chi connectivity index (χ3n) is 2.35. The van der Waals surface area contributed by atoms with E-state index in [-0.39, 0.29) is 6.10 Å². The van der Waals surface area contributed by atoms with E-state index in [1.54, 1.807) is 17.6 Å². The highest BCUT2D eigenvalue weighted by atomic mass is 32.1. The van der Waals surface area contributed by atoms with Gasteiger partial charge in [0.1, 0.15) is 5.76 Å². The predicted molar refractivity (Wildman–Crippen MR) is 64.3 cm³/mol. The molecule has 0 aromatic carbocycles. The molecule has 4 heteroatoms. The number of furan rings is 1. The van der Waals surface area contributed by atoms with Crippen LogP contribution in [0.4, 0.5) is 0 Å². The quantitative estimate of drug-likeness (QED) is 0.759. The smallest absolute Gasteiger partial charge is 0.117 e. The lowest BCUT2D eigenvalue weighted by atomic mass is 10.2. The van der Waals surface area contributed by atoms with Gasteiger partial charge in [0.15, 0.2) is 0 Å². The maximum atomic E-state index is 9.81. The second kappa shape index (κ2) is 5.84. The maximum Gasteiger partial charge on any atom is 0.117 e. The Hall–Kier alpha value is -1.10. The summed E-state index contributed by atoms with van der Waals surface area (Å²) < 4.78 is 5.19. The zero-order chi connectivity index (χ0) is 11.2. The molecular formula is C12H15NO2S. The number of hydrogen-bond acceptors (Lipinski definition) is 4. The molecule has 0 aliphatic carbocycles. The molecule has 2 aromatic rings. The standard InChI is InChI=1S/C12H15NO2S/c14-11(12-4-2-8-16-12)5-6-13-9-10-3-1-7-15-10/h1-4,7-8,11,13-14H,5-6,9H2. The molecule has 0 saturated heterocycles. The number of aliphatic hydroxyl groups is 1. The van der Waals surface area contributed by atoms with E-state index in [1.807, 2.05) is 29.6 Å². The number of thiophene rings is 1. The van der Waals surface area contributed by atoms with Gasteiger partial charge in [0, 0.05) is 4.88 Å². The fraction of sp³-hybridized carbons (Fsp3) is 0.333. The summed E-state index contributed by atoms with van der Waals surface area (Å²) in [5, 5.41) is 15.0. The minimum absolute atomic E-state index is 0.357. The van der Waals surface area contributed by atoms with Crippen molar-refractivity contribution in [3.05, 3.63) is 46.5 Å². The molecule has 0 amide bonds. The summed E-state index contributed by atoms with van der Waals surface area (Å²) in [6, 6.07) is 7.72. The lowest BCUT2D eigenvalue weighted by molar-refractivity contribution is 0.170. The topological polar surface area (TPSA) is 45.4 Å². The largest absolute Gasteiger partial charge is 0.468 e. The zero-order valence-corrected chi connectivity index (χ0v) is 9.74. The average molecular weight is 237 g/mol. The lowest BCUT2D eigenvalue weighted by Crippen LogP contribution is -2.16. The van der Waals surface area contributed by atoms with Crippen molar-refractivity contribution in [2.24, 2.45) is 0 Å². The Morgan fingerprint density at radius 2 is 2.31 bits per heavy atom. The van der Waals surface area contributed by atoms with Crippen LogP contribution in [0.1, 0.15) is 23.2 Å². The van der Waals surface area contributed by atoms with Crippen molar-refractivity contribution < 1.29 is 9.52 Å². The van der Waals surface area contributed by atoms with Crippen LogP contribution in [0.5, 0.6) is 0 Å². The minimum atomic E-state index is -0.357. The second-order valence-electron chi connectivity index (χ2n) is 3.58. The van der Waals surface area contributed by atoms with Crippen molar-refractivity contribution in [1.29, 1.82) is 0 Å². The van der Waals surface area contributed by atoms with Crippen LogP contribution in [0.15, 0.2) is 40.3 Å². The van der Waals surface area contributed by atoms with Gasteiger partial charge in [-0.1, -0.05) is 6.07 Å². The molecule has 0 spiro atoms. The van der Waals surface area contributed by atoms with Crippen molar-refractivity contribution in [1.82, 2.24) is 5.32 Å². The second-order valence-corrected chi connectivity index (χ2v) is 4.56. The summed E-state index contributed by atoms with van der Waals surface area (Å²) in [6.07, 6.45) is 2.03. The van der Waals surface area contributed by atoms with Crippen LogP contribution >= 0.6 is 11.3 Å². The highest BCUT2D eigenvalue weighted by molar-refractivity contribution is 7.10. The molecule has 86 valence electrons. The van der Waals surface area contributed by atoms with Gasteiger partial charge < -0.3 is 14.8 Å². The van der Waals surface area contributed by atoms with Gasteiger partial charge in [-0.05, 0) is 36.5 Å². The van der Waals surface area contributed by atoms with Crippen LogP contribution < -0.4 is 5.32 Å². The normalized spacial score (nSPS) is 12.8. The Labute approximate surface area is 98.7 Å². The summed E-state index contributed by atoms with van der Waals surface area (Å²) in [4.78, 5) is 1.03. The Morgan fingerprint density at radius 1 is 1.38 bits per heavy atom. The van der Waals surface area contributed by atoms with E-state index in [9.17, 15) is 5.11 Å². The molecule has 0 saturated carbocycles. The van der Waals surface area contributed by atoms with Gasteiger partial charge in [-0.2, -0.15) is 0 Å². The van der Waals surface area contributed by atoms with Gasteiger partial charge in [-0.3, -0.25) is 0 Å². The van der Waals surface area contributed by atoms with Gasteiger partial charge >= 0.3 is 0 Å². The monoisotopic (exact) mass is 237 g/mol. The molecule has 3 nitrogen and oxygen atoms in total. The SMILES string of the molecule is OC(CCNCc1ccco1)c1cccs1. The summed E-state index contributed by atoms with van der Waals surface area (Å²) in [5.74, 6) is 0.922. The Kier molecular flexibility index (Phi) is 4.16. The Morgan fingerprint density at radius 3 is 3.00 bits per heavy atom. The molecule has 0 aliphatic rings. The molecule has 0 radical (unpaired) electrons. The van der Waals surface area contributed by atoms with E-state index >= 15 is 0 Å². The van der Waals surface area contributed by atoms with Crippen molar-refractivity contribution in [3.8, 4) is 0 Å². The van der Waals surface area contributed by atoms with E-state index in [4.69, 9.17) is 4.42 Å². The Bertz CT molecular complexity index is 383. The van der Waals surface area contributed by atoms with Crippen LogP contribution in [0.2, 0.25) is 0 Å². The predicted octanol–water partition coefficient (Wildman–Crippen LogP) is 2.55. The van der Waals surface area contributed by atoms with Crippen molar-refractivity contribution >= 4 is 11.3 Å². The van der Waals surface area contributed by atoms with Crippen molar-refractivity contribution in [2.75, 3.05) is 6.54 Å². The fourth-order valence-corrected chi connectivity index (χ4v) is 2.23. The zero-order valence-electron chi connectivity index (χ0n) is 8.93. The first-order valence-corrected chi connectivity index (χ1v) is 6.19. The van der Waals surface area contributed by atoms with E-state index in [1.165, 1.54) is 0 Å². The molecule has 2 rings (SSSR count). The number of hydrogen-bond donors (Lipinski definition) is 2. The Balaban J connectivity index is 1.65. The number of nitrogens with one attached hydrogen (secondary N) is 1. The van der Waals surface area contributed by atoms with Crippen LogP contribution in [0.25, 0.3) is 0 Å². The lowest BCUT2D eigenvalue weighted by Gasteiger charge is -2.08. The summed E-state index contributed by atoms with van der Waals surface area (Å²) in [7, 11) is 0. The van der Waals surface area contributed by atoms with Crippen LogP contribution in [-0.2, 0) is 6.54 Å². The highest BCUT2D eigenvalue weighted by Gasteiger charge is 2.07.